The first-order valence-electron chi connectivity index (χ1n) is 8.51. The number of aromatic hydroxyl groups is 1. The average Bonchev–Trinajstić information content (AvgIpc) is 3.24. The van der Waals surface area contributed by atoms with Crippen LogP contribution in [0.2, 0.25) is 0 Å². The lowest BCUT2D eigenvalue weighted by Gasteiger charge is -2.30. The van der Waals surface area contributed by atoms with E-state index < -0.39 is 0 Å². The topological polar surface area (TPSA) is 80.2 Å². The number of aryl methyl sites for hydroxylation is 1. The van der Waals surface area contributed by atoms with Gasteiger partial charge in [-0.2, -0.15) is 5.10 Å². The summed E-state index contributed by atoms with van der Waals surface area (Å²) in [4.78, 5) is 2.34. The largest absolute Gasteiger partial charge is 0.508 e. The molecule has 1 fully saturated rings. The molecule has 4 rings (SSSR count). The van der Waals surface area contributed by atoms with Gasteiger partial charge in [-0.05, 0) is 43.7 Å². The molecular weight excluding hydrogens is 318 g/mol. The molecule has 7 nitrogen and oxygen atoms in total. The van der Waals surface area contributed by atoms with Gasteiger partial charge >= 0.3 is 0 Å². The molecule has 2 aromatic heterocycles. The monoisotopic (exact) mass is 339 g/mol. The summed E-state index contributed by atoms with van der Waals surface area (Å²) in [5.41, 5.74) is 1.88. The molecule has 1 unspecified atom stereocenters. The van der Waals surface area contributed by atoms with Crippen molar-refractivity contribution >= 4 is 0 Å². The minimum absolute atomic E-state index is 0.187. The Kier molecular flexibility index (Phi) is 4.23. The van der Waals surface area contributed by atoms with Crippen molar-refractivity contribution in [2.24, 2.45) is 7.05 Å². The lowest BCUT2D eigenvalue weighted by Crippen LogP contribution is -2.34. The Balaban J connectivity index is 1.43. The summed E-state index contributed by atoms with van der Waals surface area (Å²) in [5.74, 6) is 1.67. The molecule has 0 saturated carbocycles. The number of rotatable bonds is 4. The first-order valence-corrected chi connectivity index (χ1v) is 8.51. The fourth-order valence-electron chi connectivity index (χ4n) is 3.36. The summed E-state index contributed by atoms with van der Waals surface area (Å²) in [6.07, 6.45) is 4.29. The Hall–Kier alpha value is -2.67. The Bertz CT molecular complexity index is 857. The van der Waals surface area contributed by atoms with Crippen LogP contribution >= 0.6 is 0 Å². The van der Waals surface area contributed by atoms with Crippen LogP contribution in [0, 0.1) is 0 Å². The summed E-state index contributed by atoms with van der Waals surface area (Å²) in [6, 6.07) is 8.94. The van der Waals surface area contributed by atoms with Gasteiger partial charge in [0.15, 0.2) is 0 Å². The molecule has 3 aromatic rings. The fourth-order valence-corrected chi connectivity index (χ4v) is 3.36. The minimum atomic E-state index is 0.187. The second-order valence-corrected chi connectivity index (χ2v) is 6.54. The van der Waals surface area contributed by atoms with Gasteiger partial charge in [0.05, 0.1) is 12.2 Å². The van der Waals surface area contributed by atoms with E-state index in [0.29, 0.717) is 24.2 Å². The van der Waals surface area contributed by atoms with E-state index in [9.17, 15) is 5.11 Å². The van der Waals surface area contributed by atoms with Crippen LogP contribution < -0.4 is 0 Å². The molecule has 1 N–H and O–H groups in total. The minimum Gasteiger partial charge on any atom is -0.508 e. The zero-order chi connectivity index (χ0) is 17.2. The van der Waals surface area contributed by atoms with Crippen molar-refractivity contribution in [3.63, 3.8) is 0 Å². The van der Waals surface area contributed by atoms with Gasteiger partial charge in [0.25, 0.3) is 0 Å². The zero-order valence-electron chi connectivity index (χ0n) is 14.2. The Morgan fingerprint density at radius 1 is 1.28 bits per heavy atom. The number of hydrogen-bond acceptors (Lipinski definition) is 6. The van der Waals surface area contributed by atoms with Crippen molar-refractivity contribution in [1.29, 1.82) is 0 Å². The molecule has 0 aliphatic carbocycles. The summed E-state index contributed by atoms with van der Waals surface area (Å²) in [6.45, 7) is 2.60. The fraction of sp³-hybridized carbons (Fsp3) is 0.389. The predicted octanol–water partition coefficient (Wildman–Crippen LogP) is 2.56. The van der Waals surface area contributed by atoms with E-state index in [-0.39, 0.29) is 5.75 Å². The van der Waals surface area contributed by atoms with E-state index >= 15 is 0 Å². The molecule has 1 aromatic carbocycles. The van der Waals surface area contributed by atoms with Crippen LogP contribution in [0.3, 0.4) is 0 Å². The molecule has 130 valence electrons. The molecule has 25 heavy (non-hydrogen) atoms. The molecule has 0 radical (unpaired) electrons. The van der Waals surface area contributed by atoms with E-state index in [4.69, 9.17) is 4.42 Å². The van der Waals surface area contributed by atoms with Crippen LogP contribution in [0.1, 0.15) is 30.3 Å². The first-order chi connectivity index (χ1) is 12.2. The van der Waals surface area contributed by atoms with Crippen molar-refractivity contribution in [3.8, 4) is 17.2 Å². The molecular formula is C18H21N5O2. The summed E-state index contributed by atoms with van der Waals surface area (Å²) in [7, 11) is 1.95. The van der Waals surface area contributed by atoms with Crippen LogP contribution in [-0.2, 0) is 13.6 Å². The summed E-state index contributed by atoms with van der Waals surface area (Å²) in [5, 5.41) is 22.4. The van der Waals surface area contributed by atoms with E-state index in [0.717, 1.165) is 37.2 Å². The highest BCUT2D eigenvalue weighted by Gasteiger charge is 2.24. The Morgan fingerprint density at radius 2 is 2.20 bits per heavy atom. The smallest absolute Gasteiger partial charge is 0.247 e. The molecule has 1 aliphatic heterocycles. The van der Waals surface area contributed by atoms with Gasteiger partial charge in [-0.1, -0.05) is 6.07 Å². The van der Waals surface area contributed by atoms with E-state index in [1.54, 1.807) is 18.2 Å². The van der Waals surface area contributed by atoms with E-state index in [1.807, 2.05) is 24.0 Å². The van der Waals surface area contributed by atoms with Crippen molar-refractivity contribution in [3.05, 3.63) is 48.1 Å². The third-order valence-electron chi connectivity index (χ3n) is 4.58. The van der Waals surface area contributed by atoms with Gasteiger partial charge in [0.2, 0.25) is 11.8 Å². The highest BCUT2D eigenvalue weighted by Crippen LogP contribution is 2.27. The normalized spacial score (nSPS) is 18.5. The third-order valence-corrected chi connectivity index (χ3v) is 4.58. The van der Waals surface area contributed by atoms with E-state index in [1.165, 1.54) is 0 Å². The van der Waals surface area contributed by atoms with Gasteiger partial charge in [-0.3, -0.25) is 9.58 Å². The molecule has 0 spiro atoms. The van der Waals surface area contributed by atoms with Crippen LogP contribution in [0.25, 0.3) is 11.5 Å². The number of phenols is 1. The van der Waals surface area contributed by atoms with Crippen molar-refractivity contribution in [2.75, 3.05) is 13.1 Å². The lowest BCUT2D eigenvalue weighted by atomic mass is 9.95. The quantitative estimate of drug-likeness (QED) is 0.787. The molecule has 0 bridgehead atoms. The molecule has 1 atom stereocenters. The van der Waals surface area contributed by atoms with Crippen LogP contribution in [0.4, 0.5) is 0 Å². The number of phenolic OH excluding ortho intramolecular Hbond substituents is 1. The standard InChI is InChI=1S/C18H21N5O2/c1-22-9-7-16(21-22)14-5-3-8-23(11-14)12-17-19-20-18(25-17)13-4-2-6-15(24)10-13/h2,4,6-7,9-10,14,24H,3,5,8,11-12H2,1H3. The number of aromatic nitrogens is 4. The SMILES string of the molecule is Cn1ccc(C2CCCN(Cc3nnc(-c4cccc(O)c4)o3)C2)n1. The second kappa shape index (κ2) is 6.68. The number of benzene rings is 1. The Morgan fingerprint density at radius 3 is 3.00 bits per heavy atom. The maximum Gasteiger partial charge on any atom is 0.247 e. The predicted molar refractivity (Wildman–Crippen MR) is 91.9 cm³/mol. The van der Waals surface area contributed by atoms with Crippen molar-refractivity contribution in [2.45, 2.75) is 25.3 Å². The first kappa shape index (κ1) is 15.8. The highest BCUT2D eigenvalue weighted by molar-refractivity contribution is 5.54. The van der Waals surface area contributed by atoms with Crippen molar-refractivity contribution < 1.29 is 9.52 Å². The summed E-state index contributed by atoms with van der Waals surface area (Å²) < 4.78 is 7.63. The molecule has 7 heteroatoms. The van der Waals surface area contributed by atoms with Crippen molar-refractivity contribution in [1.82, 2.24) is 24.9 Å². The summed E-state index contributed by atoms with van der Waals surface area (Å²) >= 11 is 0. The molecule has 3 heterocycles. The Labute approximate surface area is 145 Å². The third kappa shape index (κ3) is 3.56. The van der Waals surface area contributed by atoms with Crippen LogP contribution in [0.5, 0.6) is 5.75 Å². The average molecular weight is 339 g/mol. The zero-order valence-corrected chi connectivity index (χ0v) is 14.2. The maximum absolute atomic E-state index is 9.58. The van der Waals surface area contributed by atoms with Crippen LogP contribution in [0.15, 0.2) is 40.9 Å². The second-order valence-electron chi connectivity index (χ2n) is 6.54. The van der Waals surface area contributed by atoms with E-state index in [2.05, 4.69) is 26.3 Å². The van der Waals surface area contributed by atoms with Gasteiger partial charge < -0.3 is 9.52 Å². The molecule has 1 saturated heterocycles. The van der Waals surface area contributed by atoms with Gasteiger partial charge in [-0.15, -0.1) is 10.2 Å². The number of likely N-dealkylation sites (tertiary alicyclic amines) is 1. The number of piperidine rings is 1. The highest BCUT2D eigenvalue weighted by atomic mass is 16.4. The van der Waals surface area contributed by atoms with Gasteiger partial charge in [-0.25, -0.2) is 0 Å². The van der Waals surface area contributed by atoms with Gasteiger partial charge in [0, 0.05) is 31.3 Å². The van der Waals surface area contributed by atoms with Gasteiger partial charge in [0.1, 0.15) is 5.75 Å². The number of nitrogens with zero attached hydrogens (tertiary/aromatic N) is 5. The molecule has 0 amide bonds. The molecule has 1 aliphatic rings. The van der Waals surface area contributed by atoms with Crippen LogP contribution in [-0.4, -0.2) is 43.1 Å². The maximum atomic E-state index is 9.58. The lowest BCUT2D eigenvalue weighted by molar-refractivity contribution is 0.182. The number of hydrogen-bond donors (Lipinski definition) is 1.